The largest absolute Gasteiger partial charge is 0.468 e. The molecule has 0 aliphatic heterocycles. The van der Waals surface area contributed by atoms with Crippen molar-refractivity contribution in [1.29, 1.82) is 0 Å². The van der Waals surface area contributed by atoms with Crippen molar-refractivity contribution in [1.82, 2.24) is 10.2 Å². The first kappa shape index (κ1) is 13.6. The van der Waals surface area contributed by atoms with E-state index < -0.39 is 13.1 Å². The summed E-state index contributed by atoms with van der Waals surface area (Å²) in [6.07, 6.45) is 2.34. The lowest BCUT2D eigenvalue weighted by molar-refractivity contribution is -0.142. The highest BCUT2D eigenvalue weighted by Crippen LogP contribution is 2.19. The summed E-state index contributed by atoms with van der Waals surface area (Å²) in [6.45, 7) is 1.57. The number of aromatic amines is 1. The van der Waals surface area contributed by atoms with Crippen LogP contribution in [-0.2, 0) is 16.0 Å². The number of carbonyl (C=O) groups is 1. The zero-order valence-electron chi connectivity index (χ0n) is 11.0. The summed E-state index contributed by atoms with van der Waals surface area (Å²) in [6, 6.07) is 7.32. The van der Waals surface area contributed by atoms with E-state index in [9.17, 15) is 9.82 Å². The van der Waals surface area contributed by atoms with E-state index >= 15 is 0 Å². The fourth-order valence-corrected chi connectivity index (χ4v) is 2.16. The molecule has 1 aromatic heterocycles. The van der Waals surface area contributed by atoms with Gasteiger partial charge in [0.1, 0.15) is 6.04 Å². The number of fused-ring (bicyclic) bond motifs is 1. The first-order valence-corrected chi connectivity index (χ1v) is 6.18. The van der Waals surface area contributed by atoms with Crippen LogP contribution in [0.25, 0.3) is 10.9 Å². The van der Waals surface area contributed by atoms with E-state index in [0.717, 1.165) is 16.5 Å². The van der Waals surface area contributed by atoms with E-state index in [1.165, 1.54) is 7.11 Å². The number of rotatable bonds is 5. The molecule has 2 rings (SSSR count). The highest BCUT2D eigenvalue weighted by Gasteiger charge is 2.23. The molecule has 0 radical (unpaired) electrons. The molecule has 5 nitrogen and oxygen atoms in total. The second-order valence-corrected chi connectivity index (χ2v) is 4.48. The number of H-pyrrole nitrogens is 1. The molecule has 0 aliphatic carbocycles. The van der Waals surface area contributed by atoms with Crippen molar-refractivity contribution in [3.63, 3.8) is 0 Å². The number of esters is 1. The molecule has 0 fully saturated rings. The van der Waals surface area contributed by atoms with Gasteiger partial charge in [-0.3, -0.25) is 4.79 Å². The Balaban J connectivity index is 2.23. The predicted molar refractivity (Wildman–Crippen MR) is 74.8 cm³/mol. The summed E-state index contributed by atoms with van der Waals surface area (Å²) < 4.78 is 4.75. The van der Waals surface area contributed by atoms with Crippen LogP contribution in [0.2, 0.25) is 6.82 Å². The third-order valence-electron chi connectivity index (χ3n) is 3.03. The average Bonchev–Trinajstić information content (AvgIpc) is 2.80. The van der Waals surface area contributed by atoms with Gasteiger partial charge >= 0.3 is 13.0 Å². The summed E-state index contributed by atoms with van der Waals surface area (Å²) in [4.78, 5) is 14.9. The molecule has 19 heavy (non-hydrogen) atoms. The molecule has 3 N–H and O–H groups in total. The Labute approximate surface area is 112 Å². The number of benzene rings is 1. The van der Waals surface area contributed by atoms with Crippen molar-refractivity contribution < 1.29 is 14.6 Å². The number of hydrogen-bond acceptors (Lipinski definition) is 4. The first-order chi connectivity index (χ1) is 9.11. The molecule has 1 aromatic carbocycles. The number of nitrogens with one attached hydrogen (secondary N) is 2. The molecule has 2 aromatic rings. The Morgan fingerprint density at radius 1 is 1.53 bits per heavy atom. The smallest absolute Gasteiger partial charge is 0.374 e. The minimum absolute atomic E-state index is 0.383. The molecule has 0 unspecified atom stereocenters. The van der Waals surface area contributed by atoms with Crippen molar-refractivity contribution in [3.05, 3.63) is 36.0 Å². The third kappa shape index (κ3) is 3.16. The lowest BCUT2D eigenvalue weighted by atomic mass is 9.86. The molecule has 0 bridgehead atoms. The normalized spacial score (nSPS) is 12.4. The zero-order valence-corrected chi connectivity index (χ0v) is 11.0. The minimum atomic E-state index is -0.769. The molecule has 0 spiro atoms. The second kappa shape index (κ2) is 5.90. The van der Waals surface area contributed by atoms with E-state index in [0.29, 0.717) is 6.42 Å². The van der Waals surface area contributed by atoms with Gasteiger partial charge in [0.2, 0.25) is 0 Å². The van der Waals surface area contributed by atoms with Crippen molar-refractivity contribution in [2.75, 3.05) is 7.11 Å². The fraction of sp³-hybridized carbons (Fsp3) is 0.308. The second-order valence-electron chi connectivity index (χ2n) is 4.48. The van der Waals surface area contributed by atoms with E-state index in [2.05, 4.69) is 10.2 Å². The maximum atomic E-state index is 11.7. The highest BCUT2D eigenvalue weighted by atomic mass is 16.5. The van der Waals surface area contributed by atoms with Crippen molar-refractivity contribution >= 4 is 23.9 Å². The van der Waals surface area contributed by atoms with Gasteiger partial charge in [0.25, 0.3) is 0 Å². The minimum Gasteiger partial charge on any atom is -0.468 e. The van der Waals surface area contributed by atoms with Crippen molar-refractivity contribution in [3.8, 4) is 0 Å². The number of methoxy groups -OCH3 is 1. The van der Waals surface area contributed by atoms with Crippen LogP contribution in [0.4, 0.5) is 0 Å². The van der Waals surface area contributed by atoms with Gasteiger partial charge in [0.05, 0.1) is 7.11 Å². The molecule has 100 valence electrons. The summed E-state index contributed by atoms with van der Waals surface area (Å²) in [5, 5.41) is 13.3. The van der Waals surface area contributed by atoms with Crippen LogP contribution < -0.4 is 5.23 Å². The number of hydrogen-bond donors (Lipinski definition) is 3. The SMILES string of the molecule is COC(=O)[C@H](Cc1c[nH]c2ccccc12)NB(C)O. The maximum absolute atomic E-state index is 11.7. The van der Waals surface area contributed by atoms with Gasteiger partial charge in [0.15, 0.2) is 0 Å². The molecule has 1 heterocycles. The quantitative estimate of drug-likeness (QED) is 0.552. The number of para-hydroxylation sites is 1. The molecule has 0 saturated heterocycles. The Morgan fingerprint density at radius 2 is 2.26 bits per heavy atom. The van der Waals surface area contributed by atoms with Gasteiger partial charge in [-0.1, -0.05) is 18.2 Å². The monoisotopic (exact) mass is 260 g/mol. The topological polar surface area (TPSA) is 74.4 Å². The Hall–Kier alpha value is -1.79. The molecule has 1 atom stereocenters. The lowest BCUT2D eigenvalue weighted by Gasteiger charge is -2.16. The summed E-state index contributed by atoms with van der Waals surface area (Å²) in [5.74, 6) is -0.383. The van der Waals surface area contributed by atoms with Gasteiger partial charge in [-0.05, 0) is 24.9 Å². The number of carbonyl (C=O) groups excluding carboxylic acids is 1. The van der Waals surface area contributed by atoms with E-state index in [1.54, 1.807) is 6.82 Å². The van der Waals surface area contributed by atoms with Crippen LogP contribution >= 0.6 is 0 Å². The molecule has 6 heteroatoms. The van der Waals surface area contributed by atoms with Gasteiger partial charge in [-0.15, -0.1) is 0 Å². The number of aromatic nitrogens is 1. The first-order valence-electron chi connectivity index (χ1n) is 6.18. The highest BCUT2D eigenvalue weighted by molar-refractivity contribution is 6.46. The molecule has 0 aliphatic rings. The lowest BCUT2D eigenvalue weighted by Crippen LogP contribution is -2.46. The van der Waals surface area contributed by atoms with Gasteiger partial charge in [-0.25, -0.2) is 0 Å². The van der Waals surface area contributed by atoms with Crippen molar-refractivity contribution in [2.24, 2.45) is 0 Å². The van der Waals surface area contributed by atoms with Crippen LogP contribution in [0.3, 0.4) is 0 Å². The molecular formula is C13H17BN2O3. The van der Waals surface area contributed by atoms with Crippen LogP contribution in [0.15, 0.2) is 30.5 Å². The Morgan fingerprint density at radius 3 is 2.95 bits per heavy atom. The van der Waals surface area contributed by atoms with Gasteiger partial charge in [0, 0.05) is 17.1 Å². The van der Waals surface area contributed by atoms with Crippen LogP contribution in [0.5, 0.6) is 0 Å². The van der Waals surface area contributed by atoms with Crippen LogP contribution in [0.1, 0.15) is 5.56 Å². The Bertz CT molecular complexity index is 568. The molecule has 0 saturated carbocycles. The van der Waals surface area contributed by atoms with Crippen molar-refractivity contribution in [2.45, 2.75) is 19.3 Å². The van der Waals surface area contributed by atoms with E-state index in [4.69, 9.17) is 4.74 Å². The van der Waals surface area contributed by atoms with Crippen LogP contribution in [0, 0.1) is 0 Å². The third-order valence-corrected chi connectivity index (χ3v) is 3.03. The van der Waals surface area contributed by atoms with Gasteiger partial charge < -0.3 is 20.0 Å². The van der Waals surface area contributed by atoms with E-state index in [-0.39, 0.29) is 5.97 Å². The predicted octanol–water partition coefficient (Wildman–Crippen LogP) is 0.952. The average molecular weight is 260 g/mol. The Kier molecular flexibility index (Phi) is 4.24. The standard InChI is InChI=1S/C13H17BN2O3/c1-14(18)16-12(13(17)19-2)7-9-8-15-11-6-4-3-5-10(9)11/h3-6,8,12,15-16,18H,7H2,1-2H3/t12-/m0/s1. The molecular weight excluding hydrogens is 243 g/mol. The maximum Gasteiger partial charge on any atom is 0.374 e. The summed E-state index contributed by atoms with van der Waals surface area (Å²) >= 11 is 0. The number of ether oxygens (including phenoxy) is 1. The summed E-state index contributed by atoms with van der Waals surface area (Å²) in [7, 11) is 0.572. The van der Waals surface area contributed by atoms with Gasteiger partial charge in [-0.2, -0.15) is 0 Å². The fourth-order valence-electron chi connectivity index (χ4n) is 2.16. The van der Waals surface area contributed by atoms with Crippen LogP contribution in [-0.4, -0.2) is 36.2 Å². The zero-order chi connectivity index (χ0) is 13.8. The van der Waals surface area contributed by atoms with E-state index in [1.807, 2.05) is 30.5 Å². The summed E-state index contributed by atoms with van der Waals surface area (Å²) in [5.41, 5.74) is 2.04. The molecule has 0 amide bonds.